The lowest BCUT2D eigenvalue weighted by Crippen LogP contribution is -2.40. The van der Waals surface area contributed by atoms with Crippen molar-refractivity contribution >= 4 is 34.1 Å². The van der Waals surface area contributed by atoms with Crippen molar-refractivity contribution in [2.75, 3.05) is 13.1 Å². The highest BCUT2D eigenvalue weighted by molar-refractivity contribution is 7.15. The summed E-state index contributed by atoms with van der Waals surface area (Å²) in [4.78, 5) is 33.0. The number of aryl methyl sites for hydroxylation is 2. The van der Waals surface area contributed by atoms with Gasteiger partial charge in [-0.15, -0.1) is 11.3 Å². The van der Waals surface area contributed by atoms with Crippen LogP contribution in [0, 0.1) is 12.7 Å². The number of hydrogen-bond acceptors (Lipinski definition) is 5. The molecule has 0 bridgehead atoms. The summed E-state index contributed by atoms with van der Waals surface area (Å²) in [5, 5.41) is 8.74. The van der Waals surface area contributed by atoms with E-state index >= 15 is 0 Å². The molecule has 1 saturated carbocycles. The number of thiazole rings is 1. The Morgan fingerprint density at radius 2 is 1.88 bits per heavy atom. The minimum Gasteiger partial charge on any atom is -0.349 e. The summed E-state index contributed by atoms with van der Waals surface area (Å²) in [6.07, 6.45) is 1.81. The number of nitrogens with one attached hydrogen (secondary N) is 1. The van der Waals surface area contributed by atoms with Crippen LogP contribution >= 0.6 is 11.3 Å². The molecule has 0 spiro atoms. The fraction of sp³-hybridized carbons (Fsp3) is 0.280. The van der Waals surface area contributed by atoms with Crippen LogP contribution in [0.25, 0.3) is 21.3 Å². The molecule has 2 aromatic carbocycles. The minimum atomic E-state index is -0.381. The SMILES string of the molecule is Cc1nc(C(=O)N(CCNC(=O)c2nn(C)c3ccccc23)C2CC2)c(-c2ccccc2F)s1. The molecule has 2 aromatic heterocycles. The van der Waals surface area contributed by atoms with Crippen molar-refractivity contribution in [1.29, 1.82) is 0 Å². The molecule has 2 heterocycles. The van der Waals surface area contributed by atoms with Crippen LogP contribution in [0.5, 0.6) is 0 Å². The summed E-state index contributed by atoms with van der Waals surface area (Å²) < 4.78 is 16.1. The largest absolute Gasteiger partial charge is 0.349 e. The molecule has 0 unspecified atom stereocenters. The zero-order valence-electron chi connectivity index (χ0n) is 18.9. The molecule has 7 nitrogen and oxygen atoms in total. The second kappa shape index (κ2) is 8.98. The third-order valence-corrected chi connectivity index (χ3v) is 6.92. The summed E-state index contributed by atoms with van der Waals surface area (Å²) in [7, 11) is 1.80. The third kappa shape index (κ3) is 4.19. The van der Waals surface area contributed by atoms with Crippen molar-refractivity contribution in [3.8, 4) is 10.4 Å². The van der Waals surface area contributed by atoms with Crippen molar-refractivity contribution in [2.45, 2.75) is 25.8 Å². The van der Waals surface area contributed by atoms with Gasteiger partial charge in [-0.25, -0.2) is 9.37 Å². The predicted octanol–water partition coefficient (Wildman–Crippen LogP) is 4.18. The quantitative estimate of drug-likeness (QED) is 0.433. The number of carbonyl (C=O) groups is 2. The fourth-order valence-electron chi connectivity index (χ4n) is 4.13. The van der Waals surface area contributed by atoms with Crippen molar-refractivity contribution < 1.29 is 14.0 Å². The van der Waals surface area contributed by atoms with Gasteiger partial charge in [0.25, 0.3) is 11.8 Å². The average molecular weight is 478 g/mol. The lowest BCUT2D eigenvalue weighted by atomic mass is 10.1. The summed E-state index contributed by atoms with van der Waals surface area (Å²) in [5.74, 6) is -0.896. The molecule has 174 valence electrons. The third-order valence-electron chi connectivity index (χ3n) is 5.91. The van der Waals surface area contributed by atoms with E-state index in [1.807, 2.05) is 31.2 Å². The number of para-hydroxylation sites is 1. The van der Waals surface area contributed by atoms with Gasteiger partial charge in [-0.1, -0.05) is 36.4 Å². The van der Waals surface area contributed by atoms with Crippen molar-refractivity contribution in [1.82, 2.24) is 25.0 Å². The van der Waals surface area contributed by atoms with Crippen molar-refractivity contribution in [3.05, 3.63) is 70.7 Å². The van der Waals surface area contributed by atoms with Gasteiger partial charge < -0.3 is 10.2 Å². The molecule has 0 saturated heterocycles. The zero-order valence-corrected chi connectivity index (χ0v) is 19.7. The molecule has 0 atom stereocenters. The molecule has 34 heavy (non-hydrogen) atoms. The molecule has 1 aliphatic carbocycles. The zero-order chi connectivity index (χ0) is 23.8. The lowest BCUT2D eigenvalue weighted by molar-refractivity contribution is 0.0732. The van der Waals surface area contributed by atoms with Gasteiger partial charge in [0.2, 0.25) is 0 Å². The van der Waals surface area contributed by atoms with Crippen molar-refractivity contribution in [2.24, 2.45) is 7.05 Å². The molecule has 0 aliphatic heterocycles. The van der Waals surface area contributed by atoms with Crippen LogP contribution in [-0.2, 0) is 7.05 Å². The van der Waals surface area contributed by atoms with Gasteiger partial charge in [0.1, 0.15) is 11.5 Å². The minimum absolute atomic E-state index is 0.107. The van der Waals surface area contributed by atoms with E-state index in [1.54, 1.807) is 34.8 Å². The Labute approximate surface area is 200 Å². The smallest absolute Gasteiger partial charge is 0.274 e. The van der Waals surface area contributed by atoms with Crippen LogP contribution in [-0.4, -0.2) is 50.6 Å². The fourth-order valence-corrected chi connectivity index (χ4v) is 5.06. The van der Waals surface area contributed by atoms with Crippen LogP contribution < -0.4 is 5.32 Å². The normalized spacial score (nSPS) is 13.3. The van der Waals surface area contributed by atoms with E-state index in [4.69, 9.17) is 0 Å². The van der Waals surface area contributed by atoms with E-state index in [1.165, 1.54) is 17.4 Å². The number of nitrogens with zero attached hydrogens (tertiary/aromatic N) is 4. The monoisotopic (exact) mass is 477 g/mol. The molecule has 4 aromatic rings. The van der Waals surface area contributed by atoms with E-state index in [0.717, 1.165) is 23.7 Å². The number of hydrogen-bond donors (Lipinski definition) is 1. The first-order valence-electron chi connectivity index (χ1n) is 11.2. The predicted molar refractivity (Wildman–Crippen MR) is 129 cm³/mol. The van der Waals surface area contributed by atoms with Crippen LogP contribution in [0.3, 0.4) is 0 Å². The molecular weight excluding hydrogens is 453 g/mol. The topological polar surface area (TPSA) is 80.1 Å². The average Bonchev–Trinajstić information content (AvgIpc) is 3.52. The maximum Gasteiger partial charge on any atom is 0.274 e. The molecule has 5 rings (SSSR count). The number of benzene rings is 2. The molecule has 1 N–H and O–H groups in total. The second-order valence-corrected chi connectivity index (χ2v) is 9.57. The first-order valence-corrected chi connectivity index (χ1v) is 12.0. The van der Waals surface area contributed by atoms with Crippen molar-refractivity contribution in [3.63, 3.8) is 0 Å². The van der Waals surface area contributed by atoms with E-state index in [9.17, 15) is 14.0 Å². The molecule has 2 amide bonds. The Kier molecular flexibility index (Phi) is 5.87. The van der Waals surface area contributed by atoms with E-state index < -0.39 is 0 Å². The highest BCUT2D eigenvalue weighted by Gasteiger charge is 2.35. The molecular formula is C25H24FN5O2S. The van der Waals surface area contributed by atoms with E-state index in [-0.39, 0.29) is 35.9 Å². The highest BCUT2D eigenvalue weighted by Crippen LogP contribution is 2.35. The Hall–Kier alpha value is -3.59. The van der Waals surface area contributed by atoms with Gasteiger partial charge in [-0.2, -0.15) is 5.10 Å². The number of halogens is 1. The maximum absolute atomic E-state index is 14.5. The highest BCUT2D eigenvalue weighted by atomic mass is 32.1. The van der Waals surface area contributed by atoms with Gasteiger partial charge in [0, 0.05) is 37.1 Å². The molecule has 0 radical (unpaired) electrons. The Bertz CT molecular complexity index is 1390. The van der Waals surface area contributed by atoms with Crippen LogP contribution in [0.2, 0.25) is 0 Å². The number of carbonyl (C=O) groups excluding carboxylic acids is 2. The van der Waals surface area contributed by atoms with Gasteiger partial charge in [-0.05, 0) is 31.9 Å². The summed E-state index contributed by atoms with van der Waals surface area (Å²) in [5.41, 5.74) is 1.88. The summed E-state index contributed by atoms with van der Waals surface area (Å²) in [6, 6.07) is 14.1. The molecule has 1 fully saturated rings. The van der Waals surface area contributed by atoms with Gasteiger partial charge in [0.05, 0.1) is 15.4 Å². The Morgan fingerprint density at radius 1 is 1.15 bits per heavy atom. The van der Waals surface area contributed by atoms with E-state index in [0.29, 0.717) is 27.7 Å². The first kappa shape index (κ1) is 22.2. The second-order valence-electron chi connectivity index (χ2n) is 8.37. The van der Waals surface area contributed by atoms with Crippen LogP contribution in [0.4, 0.5) is 4.39 Å². The van der Waals surface area contributed by atoms with Gasteiger partial charge in [-0.3, -0.25) is 14.3 Å². The number of fused-ring (bicyclic) bond motifs is 1. The Morgan fingerprint density at radius 3 is 2.65 bits per heavy atom. The maximum atomic E-state index is 14.5. The number of rotatable bonds is 7. The Balaban J connectivity index is 1.32. The number of aromatic nitrogens is 3. The van der Waals surface area contributed by atoms with Gasteiger partial charge in [0.15, 0.2) is 5.69 Å². The van der Waals surface area contributed by atoms with Crippen LogP contribution in [0.15, 0.2) is 48.5 Å². The first-order chi connectivity index (χ1) is 16.4. The van der Waals surface area contributed by atoms with E-state index in [2.05, 4.69) is 15.4 Å². The summed E-state index contributed by atoms with van der Waals surface area (Å²) >= 11 is 1.31. The van der Waals surface area contributed by atoms with Gasteiger partial charge >= 0.3 is 0 Å². The van der Waals surface area contributed by atoms with Crippen LogP contribution in [0.1, 0.15) is 38.8 Å². The molecule has 9 heteroatoms. The lowest BCUT2D eigenvalue weighted by Gasteiger charge is -2.22. The summed E-state index contributed by atoms with van der Waals surface area (Å²) in [6.45, 7) is 2.43. The number of amides is 2. The molecule has 1 aliphatic rings. The standard InChI is InChI=1S/C25H24FN5O2S/c1-15-28-22(23(34-15)17-7-3-5-9-19(17)26)25(33)31(16-11-12-16)14-13-27-24(32)21-18-8-4-6-10-20(18)30(2)29-21/h3-10,16H,11-14H2,1-2H3,(H,27,32).